The number of benzene rings is 1. The van der Waals surface area contributed by atoms with Crippen LogP contribution in [-0.2, 0) is 13.0 Å². The minimum atomic E-state index is 0.903. The summed E-state index contributed by atoms with van der Waals surface area (Å²) in [6.07, 6.45) is 5.61. The molecule has 0 fully saturated rings. The fraction of sp³-hybridized carbons (Fsp3) is 0.400. The van der Waals surface area contributed by atoms with Gasteiger partial charge in [0, 0.05) is 32.6 Å². The Morgan fingerprint density at radius 1 is 1.44 bits per heavy atom. The minimum Gasteiger partial charge on any atom is -0.392 e. The van der Waals surface area contributed by atoms with Gasteiger partial charge in [-0.15, -0.1) is 0 Å². The standard InChI is InChI=1S/C15H21N3/c1-12-5-3-6-13-11-18(8-4-7-15(12)13)14(9-16)10-17-2/h3,5-6,9-10,16-17H,4,7-8,11H2,1-2H3/b14-10+,16-9?. The van der Waals surface area contributed by atoms with Gasteiger partial charge in [-0.25, -0.2) is 0 Å². The number of nitrogens with one attached hydrogen (secondary N) is 2. The zero-order chi connectivity index (χ0) is 13.0. The number of fused-ring (bicyclic) bond motifs is 1. The van der Waals surface area contributed by atoms with Crippen LogP contribution in [0.15, 0.2) is 30.1 Å². The summed E-state index contributed by atoms with van der Waals surface area (Å²) in [5.74, 6) is 0. The summed E-state index contributed by atoms with van der Waals surface area (Å²) >= 11 is 0. The molecule has 1 heterocycles. The molecule has 0 unspecified atom stereocenters. The molecule has 2 rings (SSSR count). The Morgan fingerprint density at radius 2 is 2.28 bits per heavy atom. The molecule has 0 radical (unpaired) electrons. The lowest BCUT2D eigenvalue weighted by Gasteiger charge is -2.23. The Labute approximate surface area is 109 Å². The summed E-state index contributed by atoms with van der Waals surface area (Å²) in [6.45, 7) is 4.10. The summed E-state index contributed by atoms with van der Waals surface area (Å²) in [6, 6.07) is 6.53. The lowest BCUT2D eigenvalue weighted by molar-refractivity contribution is 0.357. The molecule has 3 nitrogen and oxygen atoms in total. The predicted octanol–water partition coefficient (Wildman–Crippen LogP) is 2.45. The SMILES string of the molecule is CN/C=C(\C=N)N1CCCc2c(C)cccc2C1. The normalized spacial score (nSPS) is 15.9. The molecule has 0 spiro atoms. The third-order valence-corrected chi connectivity index (χ3v) is 3.53. The second-order valence-corrected chi connectivity index (χ2v) is 4.74. The van der Waals surface area contributed by atoms with E-state index in [0.29, 0.717) is 0 Å². The van der Waals surface area contributed by atoms with Crippen LogP contribution in [0.5, 0.6) is 0 Å². The van der Waals surface area contributed by atoms with Gasteiger partial charge in [0.25, 0.3) is 0 Å². The van der Waals surface area contributed by atoms with Gasteiger partial charge in [0.15, 0.2) is 0 Å². The number of aryl methyl sites for hydroxylation is 1. The highest BCUT2D eigenvalue weighted by Crippen LogP contribution is 2.23. The molecule has 0 atom stereocenters. The first-order chi connectivity index (χ1) is 8.76. The molecule has 1 aliphatic heterocycles. The van der Waals surface area contributed by atoms with Crippen LogP contribution in [0.1, 0.15) is 23.1 Å². The molecule has 1 aliphatic rings. The van der Waals surface area contributed by atoms with Gasteiger partial charge in [-0.1, -0.05) is 18.2 Å². The molecule has 3 heteroatoms. The van der Waals surface area contributed by atoms with E-state index in [1.165, 1.54) is 22.9 Å². The maximum Gasteiger partial charge on any atom is 0.0707 e. The van der Waals surface area contributed by atoms with Crippen molar-refractivity contribution in [3.05, 3.63) is 46.8 Å². The molecule has 0 aliphatic carbocycles. The minimum absolute atomic E-state index is 0.903. The number of allylic oxidation sites excluding steroid dienone is 1. The van der Waals surface area contributed by atoms with E-state index in [2.05, 4.69) is 35.3 Å². The Kier molecular flexibility index (Phi) is 4.03. The molecular weight excluding hydrogens is 222 g/mol. The molecule has 18 heavy (non-hydrogen) atoms. The molecule has 2 N–H and O–H groups in total. The van der Waals surface area contributed by atoms with Crippen molar-refractivity contribution < 1.29 is 0 Å². The van der Waals surface area contributed by atoms with E-state index in [1.807, 2.05) is 13.2 Å². The van der Waals surface area contributed by atoms with Crippen molar-refractivity contribution in [3.8, 4) is 0 Å². The third kappa shape index (κ3) is 2.55. The van der Waals surface area contributed by atoms with E-state index < -0.39 is 0 Å². The molecule has 96 valence electrons. The van der Waals surface area contributed by atoms with E-state index in [-0.39, 0.29) is 0 Å². The third-order valence-electron chi connectivity index (χ3n) is 3.53. The summed E-state index contributed by atoms with van der Waals surface area (Å²) in [4.78, 5) is 2.27. The molecule has 0 saturated heterocycles. The van der Waals surface area contributed by atoms with E-state index in [0.717, 1.165) is 31.6 Å². The highest BCUT2D eigenvalue weighted by molar-refractivity contribution is 5.74. The zero-order valence-electron chi connectivity index (χ0n) is 11.2. The molecule has 0 aromatic heterocycles. The van der Waals surface area contributed by atoms with Crippen LogP contribution in [0.3, 0.4) is 0 Å². The van der Waals surface area contributed by atoms with Gasteiger partial charge in [-0.2, -0.15) is 0 Å². The van der Waals surface area contributed by atoms with Crippen molar-refractivity contribution in [2.24, 2.45) is 0 Å². The van der Waals surface area contributed by atoms with Gasteiger partial charge >= 0.3 is 0 Å². The van der Waals surface area contributed by atoms with Crippen molar-refractivity contribution in [2.45, 2.75) is 26.3 Å². The quantitative estimate of drug-likeness (QED) is 0.800. The lowest BCUT2D eigenvalue weighted by atomic mass is 9.99. The van der Waals surface area contributed by atoms with E-state index in [4.69, 9.17) is 5.41 Å². The highest BCUT2D eigenvalue weighted by atomic mass is 15.1. The topological polar surface area (TPSA) is 39.1 Å². The fourth-order valence-electron chi connectivity index (χ4n) is 2.59. The molecule has 0 bridgehead atoms. The van der Waals surface area contributed by atoms with Crippen LogP contribution in [0.25, 0.3) is 0 Å². The smallest absolute Gasteiger partial charge is 0.0707 e. The van der Waals surface area contributed by atoms with E-state index >= 15 is 0 Å². The maximum atomic E-state index is 7.52. The number of hydrogen-bond acceptors (Lipinski definition) is 3. The first kappa shape index (κ1) is 12.7. The largest absolute Gasteiger partial charge is 0.392 e. The highest BCUT2D eigenvalue weighted by Gasteiger charge is 2.16. The Bertz CT molecular complexity index is 463. The van der Waals surface area contributed by atoms with Gasteiger partial charge in [0.2, 0.25) is 0 Å². The van der Waals surface area contributed by atoms with Crippen molar-refractivity contribution in [1.29, 1.82) is 5.41 Å². The van der Waals surface area contributed by atoms with Gasteiger partial charge in [-0.3, -0.25) is 0 Å². The Morgan fingerprint density at radius 3 is 3.00 bits per heavy atom. The first-order valence-electron chi connectivity index (χ1n) is 6.46. The van der Waals surface area contributed by atoms with Crippen molar-refractivity contribution in [1.82, 2.24) is 10.2 Å². The fourth-order valence-corrected chi connectivity index (χ4v) is 2.59. The van der Waals surface area contributed by atoms with Crippen molar-refractivity contribution >= 4 is 6.21 Å². The van der Waals surface area contributed by atoms with Crippen LogP contribution in [0.4, 0.5) is 0 Å². The second-order valence-electron chi connectivity index (χ2n) is 4.74. The van der Waals surface area contributed by atoms with Crippen LogP contribution in [0, 0.1) is 12.3 Å². The number of nitrogens with zero attached hydrogens (tertiary/aromatic N) is 1. The van der Waals surface area contributed by atoms with Crippen LogP contribution in [-0.4, -0.2) is 24.7 Å². The molecule has 1 aromatic carbocycles. The maximum absolute atomic E-state index is 7.52. The summed E-state index contributed by atoms with van der Waals surface area (Å²) < 4.78 is 0. The molecule has 0 saturated carbocycles. The molecule has 0 amide bonds. The first-order valence-corrected chi connectivity index (χ1v) is 6.46. The predicted molar refractivity (Wildman–Crippen MR) is 75.8 cm³/mol. The van der Waals surface area contributed by atoms with Gasteiger partial charge in [0.05, 0.1) is 5.70 Å². The Hall–Kier alpha value is -1.77. The summed E-state index contributed by atoms with van der Waals surface area (Å²) in [5.41, 5.74) is 5.24. The van der Waals surface area contributed by atoms with E-state index in [1.54, 1.807) is 0 Å². The van der Waals surface area contributed by atoms with Gasteiger partial charge < -0.3 is 15.6 Å². The lowest BCUT2D eigenvalue weighted by Crippen LogP contribution is -2.24. The number of rotatable bonds is 3. The van der Waals surface area contributed by atoms with Crippen LogP contribution in [0.2, 0.25) is 0 Å². The summed E-state index contributed by atoms with van der Waals surface area (Å²) in [5, 5.41) is 10.5. The van der Waals surface area contributed by atoms with Gasteiger partial charge in [0.1, 0.15) is 0 Å². The monoisotopic (exact) mass is 243 g/mol. The van der Waals surface area contributed by atoms with E-state index in [9.17, 15) is 0 Å². The second kappa shape index (κ2) is 5.71. The van der Waals surface area contributed by atoms with Crippen LogP contribution >= 0.6 is 0 Å². The molecule has 1 aromatic rings. The van der Waals surface area contributed by atoms with Crippen molar-refractivity contribution in [2.75, 3.05) is 13.6 Å². The average Bonchev–Trinajstić information content (AvgIpc) is 2.59. The Balaban J connectivity index is 2.29. The summed E-state index contributed by atoms with van der Waals surface area (Å²) in [7, 11) is 1.87. The van der Waals surface area contributed by atoms with Crippen molar-refractivity contribution in [3.63, 3.8) is 0 Å². The number of hydrogen-bond donors (Lipinski definition) is 2. The van der Waals surface area contributed by atoms with Crippen LogP contribution < -0.4 is 5.32 Å². The van der Waals surface area contributed by atoms with Gasteiger partial charge in [-0.05, 0) is 36.5 Å². The zero-order valence-corrected chi connectivity index (χ0v) is 11.2. The average molecular weight is 243 g/mol. The molecular formula is C15H21N3.